The monoisotopic (exact) mass is 293 g/mol. The number of likely N-dealkylation sites (N-methyl/N-ethyl adjacent to an activating group) is 1. The second kappa shape index (κ2) is 7.41. The molecule has 0 spiro atoms. The second-order valence-corrected chi connectivity index (χ2v) is 6.19. The average Bonchev–Trinajstić information content (AvgIpc) is 2.32. The summed E-state index contributed by atoms with van der Waals surface area (Å²) in [5.41, 5.74) is 2.53. The number of hydrogen-bond acceptors (Lipinski definition) is 4. The maximum absolute atomic E-state index is 11.6. The smallest absolute Gasteiger partial charge is 0.339 e. The highest BCUT2D eigenvalue weighted by molar-refractivity contribution is 5.95. The van der Waals surface area contributed by atoms with E-state index in [1.807, 2.05) is 27.1 Å². The fourth-order valence-electron chi connectivity index (χ4n) is 2.39. The van der Waals surface area contributed by atoms with E-state index in [4.69, 9.17) is 0 Å². The van der Waals surface area contributed by atoms with Crippen LogP contribution in [0, 0.1) is 19.8 Å². The maximum atomic E-state index is 11.6. The van der Waals surface area contributed by atoms with Crippen molar-refractivity contribution in [1.82, 2.24) is 9.88 Å². The van der Waals surface area contributed by atoms with E-state index in [2.05, 4.69) is 28.6 Å². The topological polar surface area (TPSA) is 56.7 Å². The van der Waals surface area contributed by atoms with Crippen molar-refractivity contribution < 1.29 is 9.90 Å². The van der Waals surface area contributed by atoms with Crippen molar-refractivity contribution in [3.63, 3.8) is 0 Å². The first-order valence-electron chi connectivity index (χ1n) is 7.33. The molecule has 0 aliphatic heterocycles. The quantitative estimate of drug-likeness (QED) is 0.836. The summed E-state index contributed by atoms with van der Waals surface area (Å²) >= 11 is 0. The molecule has 0 bridgehead atoms. The number of aromatic carboxylic acids is 1. The van der Waals surface area contributed by atoms with Gasteiger partial charge in [-0.25, -0.2) is 4.79 Å². The van der Waals surface area contributed by atoms with Crippen molar-refractivity contribution in [2.75, 3.05) is 38.6 Å². The van der Waals surface area contributed by atoms with Gasteiger partial charge >= 0.3 is 5.97 Å². The van der Waals surface area contributed by atoms with Crippen molar-refractivity contribution in [1.29, 1.82) is 0 Å². The summed E-state index contributed by atoms with van der Waals surface area (Å²) in [6.45, 7) is 10.5. The van der Waals surface area contributed by atoms with Gasteiger partial charge in [-0.2, -0.15) is 0 Å². The van der Waals surface area contributed by atoms with Gasteiger partial charge in [0, 0.05) is 25.3 Å². The molecule has 0 radical (unpaired) electrons. The largest absolute Gasteiger partial charge is 0.478 e. The highest BCUT2D eigenvalue weighted by Gasteiger charge is 2.20. The summed E-state index contributed by atoms with van der Waals surface area (Å²) in [7, 11) is 4.05. The van der Waals surface area contributed by atoms with Gasteiger partial charge < -0.3 is 14.9 Å². The number of anilines is 1. The molecule has 0 saturated carbocycles. The fourth-order valence-corrected chi connectivity index (χ4v) is 2.39. The number of carboxylic acid groups (broad SMARTS) is 1. The van der Waals surface area contributed by atoms with Gasteiger partial charge in [-0.15, -0.1) is 0 Å². The van der Waals surface area contributed by atoms with Crippen LogP contribution in [0.25, 0.3) is 0 Å². The van der Waals surface area contributed by atoms with Gasteiger partial charge in [0.1, 0.15) is 5.56 Å². The number of aromatic nitrogens is 1. The van der Waals surface area contributed by atoms with E-state index >= 15 is 0 Å². The first-order valence-corrected chi connectivity index (χ1v) is 7.33. The van der Waals surface area contributed by atoms with E-state index in [-0.39, 0.29) is 0 Å². The van der Waals surface area contributed by atoms with Crippen LogP contribution in [0.4, 0.5) is 5.69 Å². The summed E-state index contributed by atoms with van der Waals surface area (Å²) in [5, 5.41) is 9.52. The van der Waals surface area contributed by atoms with Gasteiger partial charge in [-0.3, -0.25) is 4.98 Å². The number of pyridine rings is 1. The summed E-state index contributed by atoms with van der Waals surface area (Å²) < 4.78 is 0. The molecule has 5 heteroatoms. The molecule has 1 heterocycles. The molecule has 0 aliphatic carbocycles. The maximum Gasteiger partial charge on any atom is 0.339 e. The van der Waals surface area contributed by atoms with E-state index in [0.29, 0.717) is 17.2 Å². The fraction of sp³-hybridized carbons (Fsp3) is 0.625. The molecule has 0 atom stereocenters. The molecule has 1 aromatic rings. The van der Waals surface area contributed by atoms with Crippen LogP contribution in [0.15, 0.2) is 6.07 Å². The molecule has 1 rings (SSSR count). The minimum absolute atomic E-state index is 0.319. The lowest BCUT2D eigenvalue weighted by Crippen LogP contribution is -2.35. The van der Waals surface area contributed by atoms with E-state index in [0.717, 1.165) is 31.0 Å². The molecule has 0 unspecified atom stereocenters. The van der Waals surface area contributed by atoms with Crippen molar-refractivity contribution in [3.05, 3.63) is 23.0 Å². The lowest BCUT2D eigenvalue weighted by molar-refractivity contribution is 0.0696. The van der Waals surface area contributed by atoms with Gasteiger partial charge in [0.15, 0.2) is 0 Å². The van der Waals surface area contributed by atoms with Gasteiger partial charge in [0.2, 0.25) is 0 Å². The second-order valence-electron chi connectivity index (χ2n) is 6.19. The number of carbonyl (C=O) groups is 1. The summed E-state index contributed by atoms with van der Waals surface area (Å²) in [5.74, 6) is -0.448. The third-order valence-corrected chi connectivity index (χ3v) is 3.26. The van der Waals surface area contributed by atoms with Gasteiger partial charge in [-0.1, -0.05) is 13.8 Å². The predicted octanol–water partition coefficient (Wildman–Crippen LogP) is 2.42. The van der Waals surface area contributed by atoms with E-state index in [9.17, 15) is 9.90 Å². The average molecular weight is 293 g/mol. The lowest BCUT2D eigenvalue weighted by atomic mass is 10.1. The Morgan fingerprint density at radius 2 is 1.90 bits per heavy atom. The number of carboxylic acids is 1. The normalized spacial score (nSPS) is 11.2. The molecule has 0 aliphatic rings. The molecule has 5 nitrogen and oxygen atoms in total. The van der Waals surface area contributed by atoms with Crippen LogP contribution in [0.3, 0.4) is 0 Å². The van der Waals surface area contributed by atoms with Crippen LogP contribution < -0.4 is 4.90 Å². The Bertz CT molecular complexity index is 499. The summed E-state index contributed by atoms with van der Waals surface area (Å²) in [4.78, 5) is 20.2. The third-order valence-electron chi connectivity index (χ3n) is 3.26. The standard InChI is InChI=1S/C16H27N3O2/c1-11(2)10-19(8-7-18(5)6)14-9-12(3)17-13(4)15(14)16(20)21/h9,11H,7-8,10H2,1-6H3,(H,20,21). The van der Waals surface area contributed by atoms with Crippen LogP contribution in [0.2, 0.25) is 0 Å². The summed E-state index contributed by atoms with van der Waals surface area (Å²) in [6, 6.07) is 1.88. The minimum Gasteiger partial charge on any atom is -0.478 e. The Morgan fingerprint density at radius 3 is 2.38 bits per heavy atom. The molecular formula is C16H27N3O2. The van der Waals surface area contributed by atoms with Crippen molar-refractivity contribution >= 4 is 11.7 Å². The number of aryl methyl sites for hydroxylation is 2. The first kappa shape index (κ1) is 17.4. The Labute approximate surface area is 127 Å². The van der Waals surface area contributed by atoms with Crippen LogP contribution in [-0.2, 0) is 0 Å². The van der Waals surface area contributed by atoms with Crippen LogP contribution >= 0.6 is 0 Å². The number of hydrogen-bond donors (Lipinski definition) is 1. The molecule has 1 N–H and O–H groups in total. The Hall–Kier alpha value is -1.62. The van der Waals surface area contributed by atoms with E-state index in [1.54, 1.807) is 6.92 Å². The molecule has 1 aromatic heterocycles. The Kier molecular flexibility index (Phi) is 6.15. The number of nitrogens with zero attached hydrogens (tertiary/aromatic N) is 3. The Balaban J connectivity index is 3.24. The summed E-state index contributed by atoms with van der Waals surface area (Å²) in [6.07, 6.45) is 0. The molecule has 0 aromatic carbocycles. The zero-order valence-corrected chi connectivity index (χ0v) is 14.0. The van der Waals surface area contributed by atoms with Crippen LogP contribution in [-0.4, -0.2) is 54.7 Å². The molecule has 21 heavy (non-hydrogen) atoms. The van der Waals surface area contributed by atoms with Crippen LogP contribution in [0.1, 0.15) is 35.6 Å². The van der Waals surface area contributed by atoms with E-state index < -0.39 is 5.97 Å². The molecule has 0 saturated heterocycles. The van der Waals surface area contributed by atoms with Gasteiger partial charge in [0.25, 0.3) is 0 Å². The van der Waals surface area contributed by atoms with Crippen molar-refractivity contribution in [2.45, 2.75) is 27.7 Å². The van der Waals surface area contributed by atoms with Gasteiger partial charge in [0.05, 0.1) is 11.4 Å². The van der Waals surface area contributed by atoms with Crippen molar-refractivity contribution in [2.24, 2.45) is 5.92 Å². The van der Waals surface area contributed by atoms with Gasteiger partial charge in [-0.05, 0) is 39.9 Å². The highest BCUT2D eigenvalue weighted by Crippen LogP contribution is 2.25. The number of rotatable bonds is 7. The molecule has 118 valence electrons. The highest BCUT2D eigenvalue weighted by atomic mass is 16.4. The van der Waals surface area contributed by atoms with Crippen molar-refractivity contribution in [3.8, 4) is 0 Å². The lowest BCUT2D eigenvalue weighted by Gasteiger charge is -2.30. The molecular weight excluding hydrogens is 266 g/mol. The first-order chi connectivity index (χ1) is 9.72. The van der Waals surface area contributed by atoms with Crippen LogP contribution in [0.5, 0.6) is 0 Å². The molecule has 0 fully saturated rings. The predicted molar refractivity (Wildman–Crippen MR) is 86.3 cm³/mol. The third kappa shape index (κ3) is 5.01. The molecule has 0 amide bonds. The minimum atomic E-state index is -0.909. The Morgan fingerprint density at radius 1 is 1.29 bits per heavy atom. The SMILES string of the molecule is Cc1cc(N(CCN(C)C)CC(C)C)c(C(=O)O)c(C)n1. The van der Waals surface area contributed by atoms with E-state index in [1.165, 1.54) is 0 Å². The zero-order valence-electron chi connectivity index (χ0n) is 14.0. The zero-order chi connectivity index (χ0) is 16.2.